The van der Waals surface area contributed by atoms with Gasteiger partial charge in [0.2, 0.25) is 0 Å². The summed E-state index contributed by atoms with van der Waals surface area (Å²) in [4.78, 5) is 12.7. The van der Waals surface area contributed by atoms with Gasteiger partial charge in [-0.15, -0.1) is 11.3 Å². The summed E-state index contributed by atoms with van der Waals surface area (Å²) in [5, 5.41) is 2.17. The number of nitrogens with two attached hydrogens (primary N) is 1. The van der Waals surface area contributed by atoms with E-state index in [1.165, 1.54) is 11.3 Å². The Morgan fingerprint density at radius 3 is 2.88 bits per heavy atom. The Hall–Kier alpha value is -1.52. The number of carbonyl (C=O) groups excluding carboxylic acids is 1. The Morgan fingerprint density at radius 1 is 1.35 bits per heavy atom. The molecule has 0 saturated heterocycles. The lowest BCUT2D eigenvalue weighted by Gasteiger charge is -2.06. The Kier molecular flexibility index (Phi) is 3.66. The van der Waals surface area contributed by atoms with E-state index in [0.29, 0.717) is 11.3 Å². The normalized spacial score (nSPS) is 10.2. The second-order valence-corrected chi connectivity index (χ2v) is 4.77. The van der Waals surface area contributed by atoms with E-state index in [1.807, 2.05) is 17.5 Å². The summed E-state index contributed by atoms with van der Waals surface area (Å²) < 4.78 is 5.14. The smallest absolute Gasteiger partial charge is 0.340 e. The molecule has 1 aromatic carbocycles. The zero-order valence-corrected chi connectivity index (χ0v) is 10.4. The van der Waals surface area contributed by atoms with Crippen molar-refractivity contribution in [1.82, 2.24) is 0 Å². The van der Waals surface area contributed by atoms with Crippen molar-refractivity contribution in [2.24, 2.45) is 0 Å². The second kappa shape index (κ2) is 5.21. The molecule has 3 nitrogen and oxygen atoms in total. The molecule has 1 aromatic heterocycles. The molecule has 0 radical (unpaired) electrons. The Labute approximate surface area is 108 Å². The highest BCUT2D eigenvalue weighted by Gasteiger charge is 2.13. The lowest BCUT2D eigenvalue weighted by Crippen LogP contribution is -2.06. The molecular weight excluding hydrogens is 258 g/mol. The summed E-state index contributed by atoms with van der Waals surface area (Å²) in [5.41, 5.74) is 6.28. The van der Waals surface area contributed by atoms with Crippen LogP contribution in [0.3, 0.4) is 0 Å². The molecule has 0 amide bonds. The molecular formula is C12H10ClNO2S. The summed E-state index contributed by atoms with van der Waals surface area (Å²) in [7, 11) is 0. The molecule has 0 unspecified atom stereocenters. The van der Waals surface area contributed by atoms with E-state index >= 15 is 0 Å². The number of hydrogen-bond acceptors (Lipinski definition) is 4. The van der Waals surface area contributed by atoms with E-state index in [0.717, 1.165) is 4.88 Å². The average molecular weight is 268 g/mol. The third-order valence-electron chi connectivity index (χ3n) is 2.17. The first-order valence-electron chi connectivity index (χ1n) is 4.92. The number of anilines is 1. The number of nitrogen functional groups attached to an aromatic ring is 1. The Morgan fingerprint density at radius 2 is 2.18 bits per heavy atom. The maximum Gasteiger partial charge on any atom is 0.340 e. The van der Waals surface area contributed by atoms with Crippen LogP contribution in [0, 0.1) is 0 Å². The van der Waals surface area contributed by atoms with E-state index in [2.05, 4.69) is 0 Å². The van der Waals surface area contributed by atoms with Crippen molar-refractivity contribution in [3.63, 3.8) is 0 Å². The fraction of sp³-hybridized carbons (Fsp3) is 0.0833. The van der Waals surface area contributed by atoms with Crippen molar-refractivity contribution in [3.8, 4) is 0 Å². The quantitative estimate of drug-likeness (QED) is 0.685. The fourth-order valence-corrected chi connectivity index (χ4v) is 2.14. The molecule has 17 heavy (non-hydrogen) atoms. The molecule has 0 atom stereocenters. The third-order valence-corrected chi connectivity index (χ3v) is 3.45. The van der Waals surface area contributed by atoms with E-state index in [4.69, 9.17) is 22.1 Å². The fourth-order valence-electron chi connectivity index (χ4n) is 1.32. The van der Waals surface area contributed by atoms with Crippen molar-refractivity contribution >= 4 is 34.6 Å². The standard InChI is InChI=1S/C12H10ClNO2S/c13-11-9(4-1-5-10(11)14)12(15)16-7-8-3-2-6-17-8/h1-6H,7,14H2. The average Bonchev–Trinajstić information content (AvgIpc) is 2.82. The van der Waals surface area contributed by atoms with Crippen molar-refractivity contribution in [2.45, 2.75) is 6.61 Å². The summed E-state index contributed by atoms with van der Waals surface area (Å²) in [6.07, 6.45) is 0. The molecule has 0 spiro atoms. The van der Waals surface area contributed by atoms with Crippen LogP contribution in [0.25, 0.3) is 0 Å². The van der Waals surface area contributed by atoms with Crippen LogP contribution >= 0.6 is 22.9 Å². The van der Waals surface area contributed by atoms with Gasteiger partial charge in [-0.05, 0) is 23.6 Å². The maximum atomic E-state index is 11.8. The number of carbonyl (C=O) groups is 1. The zero-order chi connectivity index (χ0) is 12.3. The molecule has 2 aromatic rings. The number of hydrogen-bond donors (Lipinski definition) is 1. The van der Waals surface area contributed by atoms with Crippen molar-refractivity contribution in [3.05, 3.63) is 51.2 Å². The number of esters is 1. The van der Waals surface area contributed by atoms with Crippen LogP contribution in [0.1, 0.15) is 15.2 Å². The molecule has 2 N–H and O–H groups in total. The topological polar surface area (TPSA) is 52.3 Å². The monoisotopic (exact) mass is 267 g/mol. The molecule has 0 bridgehead atoms. The summed E-state index contributed by atoms with van der Waals surface area (Å²) in [5.74, 6) is -0.462. The van der Waals surface area contributed by atoms with Crippen molar-refractivity contribution in [1.29, 1.82) is 0 Å². The molecule has 2 rings (SSSR count). The summed E-state index contributed by atoms with van der Waals surface area (Å²) in [6, 6.07) is 8.71. The summed E-state index contributed by atoms with van der Waals surface area (Å²) >= 11 is 7.46. The number of halogens is 1. The van der Waals surface area contributed by atoms with Gasteiger partial charge in [-0.25, -0.2) is 4.79 Å². The van der Waals surface area contributed by atoms with Gasteiger partial charge in [0.25, 0.3) is 0 Å². The van der Waals surface area contributed by atoms with Crippen LogP contribution in [-0.2, 0) is 11.3 Å². The molecule has 0 aliphatic carbocycles. The van der Waals surface area contributed by atoms with Crippen LogP contribution in [0.5, 0.6) is 0 Å². The van der Waals surface area contributed by atoms with Crippen LogP contribution in [-0.4, -0.2) is 5.97 Å². The Balaban J connectivity index is 2.07. The van der Waals surface area contributed by atoms with Gasteiger partial charge in [-0.2, -0.15) is 0 Å². The number of ether oxygens (including phenoxy) is 1. The van der Waals surface area contributed by atoms with Crippen LogP contribution < -0.4 is 5.73 Å². The lowest BCUT2D eigenvalue weighted by molar-refractivity contribution is 0.0477. The van der Waals surface area contributed by atoms with Crippen LogP contribution in [0.15, 0.2) is 35.7 Å². The van der Waals surface area contributed by atoms with Crippen molar-refractivity contribution in [2.75, 3.05) is 5.73 Å². The molecule has 5 heteroatoms. The first-order chi connectivity index (χ1) is 8.18. The largest absolute Gasteiger partial charge is 0.456 e. The molecule has 88 valence electrons. The molecule has 0 fully saturated rings. The van der Waals surface area contributed by atoms with Gasteiger partial charge in [0.1, 0.15) is 6.61 Å². The minimum Gasteiger partial charge on any atom is -0.456 e. The van der Waals surface area contributed by atoms with Crippen LogP contribution in [0.4, 0.5) is 5.69 Å². The van der Waals surface area contributed by atoms with Gasteiger partial charge in [-0.3, -0.25) is 0 Å². The SMILES string of the molecule is Nc1cccc(C(=O)OCc2cccs2)c1Cl. The molecule has 0 aliphatic rings. The molecule has 0 saturated carbocycles. The summed E-state index contributed by atoms with van der Waals surface area (Å²) in [6.45, 7) is 0.252. The van der Waals surface area contributed by atoms with Crippen LogP contribution in [0.2, 0.25) is 5.02 Å². The van der Waals surface area contributed by atoms with Gasteiger partial charge in [0.05, 0.1) is 16.3 Å². The maximum absolute atomic E-state index is 11.8. The number of thiophene rings is 1. The minimum atomic E-state index is -0.462. The van der Waals surface area contributed by atoms with E-state index < -0.39 is 5.97 Å². The first-order valence-corrected chi connectivity index (χ1v) is 6.17. The van der Waals surface area contributed by atoms with Crippen molar-refractivity contribution < 1.29 is 9.53 Å². The predicted molar refractivity (Wildman–Crippen MR) is 69.3 cm³/mol. The van der Waals surface area contributed by atoms with E-state index in [1.54, 1.807) is 18.2 Å². The first kappa shape index (κ1) is 12.0. The third kappa shape index (κ3) is 2.78. The highest BCUT2D eigenvalue weighted by Crippen LogP contribution is 2.24. The predicted octanol–water partition coefficient (Wildman–Crippen LogP) is 3.34. The second-order valence-electron chi connectivity index (χ2n) is 3.36. The van der Waals surface area contributed by atoms with Gasteiger partial charge in [0.15, 0.2) is 0 Å². The molecule has 1 heterocycles. The van der Waals surface area contributed by atoms with E-state index in [9.17, 15) is 4.79 Å². The van der Waals surface area contributed by atoms with Gasteiger partial charge in [-0.1, -0.05) is 23.7 Å². The molecule has 0 aliphatic heterocycles. The highest BCUT2D eigenvalue weighted by atomic mass is 35.5. The Bertz CT molecular complexity index is 525. The highest BCUT2D eigenvalue weighted by molar-refractivity contribution is 7.09. The minimum absolute atomic E-state index is 0.240. The number of benzene rings is 1. The zero-order valence-electron chi connectivity index (χ0n) is 8.85. The van der Waals surface area contributed by atoms with Gasteiger partial charge in [0, 0.05) is 4.88 Å². The van der Waals surface area contributed by atoms with Gasteiger partial charge < -0.3 is 10.5 Å². The lowest BCUT2D eigenvalue weighted by atomic mass is 10.2. The van der Waals surface area contributed by atoms with Gasteiger partial charge >= 0.3 is 5.97 Å². The van der Waals surface area contributed by atoms with E-state index in [-0.39, 0.29) is 11.6 Å². The number of rotatable bonds is 3.